The first-order chi connectivity index (χ1) is 11.6. The summed E-state index contributed by atoms with van der Waals surface area (Å²) in [7, 11) is 0. The molecule has 0 aromatic heterocycles. The molecule has 0 saturated carbocycles. The maximum Gasteiger partial charge on any atom is -0.0139 e. The average molecular weight is 308 g/mol. The Balaban J connectivity index is 2.25. The molecular formula is C24H20. The van der Waals surface area contributed by atoms with E-state index in [4.69, 9.17) is 0 Å². The number of fused-ring (bicyclic) bond motifs is 3. The summed E-state index contributed by atoms with van der Waals surface area (Å²) in [6.45, 7) is 12.4. The summed E-state index contributed by atoms with van der Waals surface area (Å²) in [4.78, 5) is 0. The Kier molecular flexibility index (Phi) is 3.28. The van der Waals surface area contributed by atoms with Gasteiger partial charge in [0.15, 0.2) is 0 Å². The fourth-order valence-corrected chi connectivity index (χ4v) is 3.76. The third kappa shape index (κ3) is 2.00. The average Bonchev–Trinajstić information content (AvgIpc) is 2.63. The molecule has 0 unspecified atom stereocenters. The Hall–Kier alpha value is -2.86. The van der Waals surface area contributed by atoms with E-state index in [2.05, 4.69) is 75.5 Å². The number of rotatable bonds is 2. The van der Waals surface area contributed by atoms with Gasteiger partial charge in [-0.3, -0.25) is 0 Å². The summed E-state index contributed by atoms with van der Waals surface area (Å²) in [6.07, 6.45) is 3.83. The topological polar surface area (TPSA) is 0 Å². The molecule has 0 heteroatoms. The quantitative estimate of drug-likeness (QED) is 0.348. The monoisotopic (exact) mass is 308 g/mol. The van der Waals surface area contributed by atoms with Crippen molar-refractivity contribution >= 4 is 44.5 Å². The lowest BCUT2D eigenvalue weighted by molar-refractivity contribution is 1.52. The Labute approximate surface area is 142 Å². The molecule has 4 aromatic rings. The lowest BCUT2D eigenvalue weighted by atomic mass is 9.89. The van der Waals surface area contributed by atoms with Gasteiger partial charge in [0.25, 0.3) is 0 Å². The lowest BCUT2D eigenvalue weighted by Crippen LogP contribution is -1.91. The third-order valence-corrected chi connectivity index (χ3v) is 5.16. The standard InChI is InChI=1S/C24H20/c1-5-17-11-21-15(3)23-13-19-9-7-8-10-20(19)14-24(23)16(4)22(21)12-18(17)6-2/h5-14H,1-2H2,3-4H3. The van der Waals surface area contributed by atoms with Gasteiger partial charge in [0.1, 0.15) is 0 Å². The van der Waals surface area contributed by atoms with Crippen molar-refractivity contribution in [3.8, 4) is 0 Å². The molecule has 0 aliphatic carbocycles. The minimum atomic E-state index is 1.14. The molecule has 0 amide bonds. The Bertz CT molecular complexity index is 1050. The Morgan fingerprint density at radius 1 is 0.625 bits per heavy atom. The van der Waals surface area contributed by atoms with E-state index in [1.54, 1.807) is 0 Å². The molecule has 116 valence electrons. The second-order valence-corrected chi connectivity index (χ2v) is 6.43. The van der Waals surface area contributed by atoms with Crippen LogP contribution >= 0.6 is 0 Å². The molecule has 0 spiro atoms. The largest absolute Gasteiger partial charge is 0.0984 e. The third-order valence-electron chi connectivity index (χ3n) is 5.16. The molecular weight excluding hydrogens is 288 g/mol. The maximum absolute atomic E-state index is 3.95. The summed E-state index contributed by atoms with van der Waals surface area (Å²) in [5.41, 5.74) is 4.94. The molecule has 0 radical (unpaired) electrons. The van der Waals surface area contributed by atoms with Gasteiger partial charge in [0.2, 0.25) is 0 Å². The van der Waals surface area contributed by atoms with Gasteiger partial charge in [-0.2, -0.15) is 0 Å². The first kappa shape index (κ1) is 14.7. The molecule has 4 rings (SSSR count). The van der Waals surface area contributed by atoms with Crippen LogP contribution in [0.5, 0.6) is 0 Å². The van der Waals surface area contributed by atoms with Crippen LogP contribution in [0.25, 0.3) is 44.5 Å². The first-order valence-electron chi connectivity index (χ1n) is 8.28. The molecule has 0 aliphatic rings. The van der Waals surface area contributed by atoms with E-state index < -0.39 is 0 Å². The van der Waals surface area contributed by atoms with E-state index in [0.717, 1.165) is 11.1 Å². The van der Waals surface area contributed by atoms with E-state index in [9.17, 15) is 0 Å². The highest BCUT2D eigenvalue weighted by Gasteiger charge is 2.11. The van der Waals surface area contributed by atoms with Crippen molar-refractivity contribution in [2.24, 2.45) is 0 Å². The SMILES string of the molecule is C=Cc1cc2c(C)c3cc4ccccc4cc3c(C)c2cc1C=C. The number of hydrogen-bond acceptors (Lipinski definition) is 0. The summed E-state index contributed by atoms with van der Waals surface area (Å²) < 4.78 is 0. The molecule has 0 aliphatic heterocycles. The van der Waals surface area contributed by atoms with E-state index >= 15 is 0 Å². The van der Waals surface area contributed by atoms with Gasteiger partial charge in [0.05, 0.1) is 0 Å². The van der Waals surface area contributed by atoms with Gasteiger partial charge in [-0.25, -0.2) is 0 Å². The minimum absolute atomic E-state index is 1.14. The predicted octanol–water partition coefficient (Wildman–Crippen LogP) is 7.05. The highest BCUT2D eigenvalue weighted by atomic mass is 14.2. The van der Waals surface area contributed by atoms with Gasteiger partial charge in [-0.15, -0.1) is 0 Å². The molecule has 0 N–H and O–H groups in total. The van der Waals surface area contributed by atoms with Crippen LogP contribution < -0.4 is 0 Å². The Morgan fingerprint density at radius 3 is 1.38 bits per heavy atom. The van der Waals surface area contributed by atoms with E-state index in [1.165, 1.54) is 43.4 Å². The second kappa shape index (κ2) is 5.35. The second-order valence-electron chi connectivity index (χ2n) is 6.43. The molecule has 0 saturated heterocycles. The highest BCUT2D eigenvalue weighted by molar-refractivity contribution is 6.10. The van der Waals surface area contributed by atoms with Crippen molar-refractivity contribution < 1.29 is 0 Å². The molecule has 24 heavy (non-hydrogen) atoms. The van der Waals surface area contributed by atoms with Crippen LogP contribution in [-0.4, -0.2) is 0 Å². The van der Waals surface area contributed by atoms with Gasteiger partial charge in [-0.05, 0) is 92.7 Å². The summed E-state index contributed by atoms with van der Waals surface area (Å²) in [5, 5.41) is 7.85. The minimum Gasteiger partial charge on any atom is -0.0984 e. The summed E-state index contributed by atoms with van der Waals surface area (Å²) in [5.74, 6) is 0. The normalized spacial score (nSPS) is 11.2. The highest BCUT2D eigenvalue weighted by Crippen LogP contribution is 2.36. The van der Waals surface area contributed by atoms with Crippen molar-refractivity contribution in [1.82, 2.24) is 0 Å². The zero-order valence-corrected chi connectivity index (χ0v) is 14.2. The summed E-state index contributed by atoms with van der Waals surface area (Å²) >= 11 is 0. The van der Waals surface area contributed by atoms with Crippen molar-refractivity contribution in [2.75, 3.05) is 0 Å². The molecule has 4 aromatic carbocycles. The fraction of sp³-hybridized carbons (Fsp3) is 0.0833. The predicted molar refractivity (Wildman–Crippen MR) is 109 cm³/mol. The molecule has 0 atom stereocenters. The smallest absolute Gasteiger partial charge is 0.0139 e. The zero-order chi connectivity index (χ0) is 16.8. The van der Waals surface area contributed by atoms with Crippen molar-refractivity contribution in [1.29, 1.82) is 0 Å². The fourth-order valence-electron chi connectivity index (χ4n) is 3.76. The molecule has 0 bridgehead atoms. The molecule has 0 nitrogen and oxygen atoms in total. The number of benzene rings is 4. The first-order valence-corrected chi connectivity index (χ1v) is 8.28. The zero-order valence-electron chi connectivity index (χ0n) is 14.2. The van der Waals surface area contributed by atoms with E-state index in [1.807, 2.05) is 12.2 Å². The van der Waals surface area contributed by atoms with E-state index in [0.29, 0.717) is 0 Å². The van der Waals surface area contributed by atoms with Crippen LogP contribution in [0.4, 0.5) is 0 Å². The van der Waals surface area contributed by atoms with Crippen LogP contribution in [0.1, 0.15) is 22.3 Å². The van der Waals surface area contributed by atoms with Gasteiger partial charge >= 0.3 is 0 Å². The van der Waals surface area contributed by atoms with Crippen molar-refractivity contribution in [3.63, 3.8) is 0 Å². The van der Waals surface area contributed by atoms with E-state index in [-0.39, 0.29) is 0 Å². The van der Waals surface area contributed by atoms with Crippen LogP contribution in [0.3, 0.4) is 0 Å². The maximum atomic E-state index is 3.95. The van der Waals surface area contributed by atoms with Gasteiger partial charge in [0, 0.05) is 0 Å². The van der Waals surface area contributed by atoms with Crippen LogP contribution in [0.2, 0.25) is 0 Å². The van der Waals surface area contributed by atoms with Crippen molar-refractivity contribution in [2.45, 2.75) is 13.8 Å². The number of hydrogen-bond donors (Lipinski definition) is 0. The van der Waals surface area contributed by atoms with Crippen molar-refractivity contribution in [3.05, 3.63) is 83.9 Å². The van der Waals surface area contributed by atoms with Crippen LogP contribution in [0.15, 0.2) is 61.7 Å². The molecule has 0 fully saturated rings. The Morgan fingerprint density at radius 2 is 1.00 bits per heavy atom. The van der Waals surface area contributed by atoms with Crippen LogP contribution in [0, 0.1) is 13.8 Å². The molecule has 0 heterocycles. The van der Waals surface area contributed by atoms with Gasteiger partial charge < -0.3 is 0 Å². The van der Waals surface area contributed by atoms with Crippen LogP contribution in [-0.2, 0) is 0 Å². The summed E-state index contributed by atoms with van der Waals surface area (Å²) in [6, 6.07) is 17.7. The lowest BCUT2D eigenvalue weighted by Gasteiger charge is -2.15. The van der Waals surface area contributed by atoms with Gasteiger partial charge in [-0.1, -0.05) is 49.6 Å². The number of aryl methyl sites for hydroxylation is 2.